The maximum absolute atomic E-state index is 9.68. The van der Waals surface area contributed by atoms with Crippen molar-refractivity contribution in [1.29, 1.82) is 0 Å². The lowest BCUT2D eigenvalue weighted by atomic mass is 9.98. The topological polar surface area (TPSA) is 45.1 Å². The lowest BCUT2D eigenvalue weighted by Gasteiger charge is -2.14. The molecule has 2 N–H and O–H groups in total. The summed E-state index contributed by atoms with van der Waals surface area (Å²) in [4.78, 5) is 5.72. The van der Waals surface area contributed by atoms with Gasteiger partial charge in [0.25, 0.3) is 0 Å². The van der Waals surface area contributed by atoms with E-state index in [1.165, 1.54) is 9.88 Å². The van der Waals surface area contributed by atoms with E-state index < -0.39 is 0 Å². The Morgan fingerprint density at radius 3 is 2.56 bits per heavy atom. The minimum absolute atomic E-state index is 0.136. The van der Waals surface area contributed by atoms with Gasteiger partial charge in [-0.1, -0.05) is 34.6 Å². The van der Waals surface area contributed by atoms with Crippen LogP contribution in [0.3, 0.4) is 0 Å². The van der Waals surface area contributed by atoms with Crippen LogP contribution in [-0.2, 0) is 12.0 Å². The van der Waals surface area contributed by atoms with Gasteiger partial charge in [-0.15, -0.1) is 11.3 Å². The molecule has 0 spiro atoms. The van der Waals surface area contributed by atoms with Crippen molar-refractivity contribution in [3.8, 4) is 0 Å². The fourth-order valence-corrected chi connectivity index (χ4v) is 2.47. The first-order valence-corrected chi connectivity index (χ1v) is 7.46. The Hall–Kier alpha value is -0.450. The molecule has 0 bridgehead atoms. The summed E-state index contributed by atoms with van der Waals surface area (Å²) < 4.78 is 0. The van der Waals surface area contributed by atoms with E-state index in [1.807, 2.05) is 20.0 Å². The zero-order valence-electron chi connectivity index (χ0n) is 12.2. The van der Waals surface area contributed by atoms with Gasteiger partial charge in [-0.2, -0.15) is 0 Å². The largest absolute Gasteiger partial charge is 0.393 e. The first kappa shape index (κ1) is 15.6. The zero-order chi connectivity index (χ0) is 13.8. The third kappa shape index (κ3) is 5.04. The van der Waals surface area contributed by atoms with E-state index in [2.05, 4.69) is 31.1 Å². The number of aliphatic hydroxyl groups is 1. The van der Waals surface area contributed by atoms with Crippen LogP contribution in [0.2, 0.25) is 0 Å². The third-order valence-electron chi connectivity index (χ3n) is 2.88. The summed E-state index contributed by atoms with van der Waals surface area (Å²) in [5, 5.41) is 14.2. The molecule has 1 atom stereocenters. The van der Waals surface area contributed by atoms with Crippen LogP contribution in [0.5, 0.6) is 0 Å². The molecule has 0 amide bonds. The minimum atomic E-state index is -0.205. The first-order chi connectivity index (χ1) is 8.30. The van der Waals surface area contributed by atoms with Crippen LogP contribution in [0.15, 0.2) is 6.20 Å². The van der Waals surface area contributed by atoms with Crippen LogP contribution in [0.25, 0.3) is 0 Å². The number of nitrogens with zero attached hydrogens (tertiary/aromatic N) is 1. The second kappa shape index (κ2) is 6.64. The summed E-state index contributed by atoms with van der Waals surface area (Å²) in [6, 6.07) is 0. The van der Waals surface area contributed by atoms with E-state index in [0.717, 1.165) is 19.5 Å². The van der Waals surface area contributed by atoms with Crippen molar-refractivity contribution in [2.24, 2.45) is 5.92 Å². The number of hydrogen-bond acceptors (Lipinski definition) is 4. The van der Waals surface area contributed by atoms with Gasteiger partial charge >= 0.3 is 0 Å². The SMILES string of the molecule is CC(C)C(O)CCNCc1cnc(C(C)(C)C)s1. The molecular weight excluding hydrogens is 244 g/mol. The minimum Gasteiger partial charge on any atom is -0.393 e. The van der Waals surface area contributed by atoms with E-state index in [9.17, 15) is 5.11 Å². The number of aliphatic hydroxyl groups excluding tert-OH is 1. The molecule has 1 heterocycles. The number of hydrogen-bond donors (Lipinski definition) is 2. The molecule has 4 heteroatoms. The molecule has 3 nitrogen and oxygen atoms in total. The van der Waals surface area contributed by atoms with Crippen LogP contribution in [0.4, 0.5) is 0 Å². The molecule has 0 aliphatic rings. The quantitative estimate of drug-likeness (QED) is 0.781. The molecule has 1 aromatic heterocycles. The average molecular weight is 270 g/mol. The molecule has 0 fully saturated rings. The van der Waals surface area contributed by atoms with Gasteiger partial charge in [-0.05, 0) is 18.9 Å². The molecule has 0 saturated carbocycles. The molecule has 0 aromatic carbocycles. The maximum Gasteiger partial charge on any atom is 0.0981 e. The summed E-state index contributed by atoms with van der Waals surface area (Å²) in [5.41, 5.74) is 0.136. The lowest BCUT2D eigenvalue weighted by molar-refractivity contribution is 0.116. The Bertz CT molecular complexity index is 355. The Labute approximate surface area is 115 Å². The number of aromatic nitrogens is 1. The highest BCUT2D eigenvalue weighted by molar-refractivity contribution is 7.11. The molecule has 0 aliphatic heterocycles. The molecule has 0 saturated heterocycles. The molecular formula is C14H26N2OS. The van der Waals surface area contributed by atoms with E-state index in [-0.39, 0.29) is 11.5 Å². The van der Waals surface area contributed by atoms with Gasteiger partial charge < -0.3 is 10.4 Å². The Morgan fingerprint density at radius 1 is 1.39 bits per heavy atom. The van der Waals surface area contributed by atoms with Crippen molar-refractivity contribution in [1.82, 2.24) is 10.3 Å². The van der Waals surface area contributed by atoms with Gasteiger partial charge in [-0.3, -0.25) is 0 Å². The monoisotopic (exact) mass is 270 g/mol. The molecule has 104 valence electrons. The van der Waals surface area contributed by atoms with Crippen molar-refractivity contribution >= 4 is 11.3 Å². The van der Waals surface area contributed by atoms with Crippen LogP contribution in [-0.4, -0.2) is 22.7 Å². The summed E-state index contributed by atoms with van der Waals surface area (Å²) in [5.74, 6) is 0.336. The molecule has 0 aliphatic carbocycles. The maximum atomic E-state index is 9.68. The summed E-state index contributed by atoms with van der Waals surface area (Å²) in [6.07, 6.45) is 2.56. The smallest absolute Gasteiger partial charge is 0.0981 e. The van der Waals surface area contributed by atoms with E-state index in [0.29, 0.717) is 5.92 Å². The van der Waals surface area contributed by atoms with Crippen LogP contribution >= 0.6 is 11.3 Å². The predicted octanol–water partition coefficient (Wildman–Crippen LogP) is 2.94. The number of rotatable bonds is 6. The molecule has 18 heavy (non-hydrogen) atoms. The Morgan fingerprint density at radius 2 is 2.06 bits per heavy atom. The fraction of sp³-hybridized carbons (Fsp3) is 0.786. The molecule has 1 unspecified atom stereocenters. The third-order valence-corrected chi connectivity index (χ3v) is 4.30. The van der Waals surface area contributed by atoms with Gasteiger partial charge in [0.05, 0.1) is 11.1 Å². The predicted molar refractivity (Wildman–Crippen MR) is 78.0 cm³/mol. The second-order valence-corrected chi connectivity index (χ2v) is 7.27. The fourth-order valence-electron chi connectivity index (χ4n) is 1.53. The van der Waals surface area contributed by atoms with Gasteiger partial charge in [0, 0.05) is 23.0 Å². The van der Waals surface area contributed by atoms with Crippen LogP contribution in [0.1, 0.15) is 50.9 Å². The van der Waals surface area contributed by atoms with Crippen molar-refractivity contribution in [2.45, 2.75) is 59.1 Å². The van der Waals surface area contributed by atoms with Crippen molar-refractivity contribution in [3.05, 3.63) is 16.1 Å². The van der Waals surface area contributed by atoms with Crippen molar-refractivity contribution in [3.63, 3.8) is 0 Å². The van der Waals surface area contributed by atoms with Gasteiger partial charge in [0.15, 0.2) is 0 Å². The van der Waals surface area contributed by atoms with Gasteiger partial charge in [-0.25, -0.2) is 4.98 Å². The van der Waals surface area contributed by atoms with Gasteiger partial charge in [0.2, 0.25) is 0 Å². The summed E-state index contributed by atoms with van der Waals surface area (Å²) in [6.45, 7) is 12.3. The van der Waals surface area contributed by atoms with E-state index >= 15 is 0 Å². The Kier molecular flexibility index (Phi) is 5.76. The van der Waals surface area contributed by atoms with Gasteiger partial charge in [0.1, 0.15) is 0 Å². The Balaban J connectivity index is 2.30. The normalized spacial score (nSPS) is 14.2. The van der Waals surface area contributed by atoms with Crippen molar-refractivity contribution in [2.75, 3.05) is 6.54 Å². The standard InChI is InChI=1S/C14H26N2OS/c1-10(2)12(17)6-7-15-8-11-9-16-13(18-11)14(3,4)5/h9-10,12,15,17H,6-8H2,1-5H3. The highest BCUT2D eigenvalue weighted by atomic mass is 32.1. The summed E-state index contributed by atoms with van der Waals surface area (Å²) >= 11 is 1.77. The number of nitrogens with one attached hydrogen (secondary N) is 1. The summed E-state index contributed by atoms with van der Waals surface area (Å²) in [7, 11) is 0. The second-order valence-electron chi connectivity index (χ2n) is 6.16. The number of thiazole rings is 1. The highest BCUT2D eigenvalue weighted by Gasteiger charge is 2.17. The zero-order valence-corrected chi connectivity index (χ0v) is 13.0. The van der Waals surface area contributed by atoms with Crippen molar-refractivity contribution < 1.29 is 5.11 Å². The van der Waals surface area contributed by atoms with E-state index in [4.69, 9.17) is 0 Å². The highest BCUT2D eigenvalue weighted by Crippen LogP contribution is 2.26. The lowest BCUT2D eigenvalue weighted by Crippen LogP contribution is -2.23. The van der Waals surface area contributed by atoms with Crippen LogP contribution < -0.4 is 5.32 Å². The van der Waals surface area contributed by atoms with Crippen LogP contribution in [0, 0.1) is 5.92 Å². The molecule has 1 rings (SSSR count). The molecule has 0 radical (unpaired) electrons. The molecule has 1 aromatic rings. The average Bonchev–Trinajstić information content (AvgIpc) is 2.72. The van der Waals surface area contributed by atoms with E-state index in [1.54, 1.807) is 11.3 Å². The first-order valence-electron chi connectivity index (χ1n) is 6.64.